The Labute approximate surface area is 190 Å². The molecule has 0 aromatic heterocycles. The molecule has 0 N–H and O–H groups in total. The highest BCUT2D eigenvalue weighted by atomic mass is 79.9. The predicted molar refractivity (Wildman–Crippen MR) is 129 cm³/mol. The average Bonchev–Trinajstić information content (AvgIpc) is 2.96. The van der Waals surface area contributed by atoms with Crippen LogP contribution in [0.3, 0.4) is 0 Å². The third-order valence-corrected chi connectivity index (χ3v) is 9.07. The van der Waals surface area contributed by atoms with Crippen LogP contribution in [0.4, 0.5) is 0 Å². The first kappa shape index (κ1) is 18.6. The molecule has 4 aliphatic carbocycles. The van der Waals surface area contributed by atoms with E-state index in [1.807, 2.05) is 5.57 Å². The summed E-state index contributed by atoms with van der Waals surface area (Å²) in [5, 5.41) is 0. The molecule has 148 valence electrons. The molecule has 6 rings (SSSR count). The Morgan fingerprint density at radius 2 is 1.34 bits per heavy atom. The molecule has 0 saturated heterocycles. The summed E-state index contributed by atoms with van der Waals surface area (Å²) in [5.74, 6) is 1.50. The lowest BCUT2D eigenvalue weighted by Crippen LogP contribution is -2.39. The largest absolute Gasteiger partial charge is 0.0663 e. The first-order valence-electron chi connectivity index (χ1n) is 11.2. The van der Waals surface area contributed by atoms with E-state index in [4.69, 9.17) is 0 Å². The van der Waals surface area contributed by atoms with Crippen LogP contribution in [-0.2, 0) is 5.41 Å². The molecule has 2 aromatic rings. The number of benzene rings is 2. The van der Waals surface area contributed by atoms with E-state index in [0.29, 0.717) is 5.92 Å². The first-order valence-corrected chi connectivity index (χ1v) is 12.8. The molecule has 0 bridgehead atoms. The van der Waals surface area contributed by atoms with E-state index in [2.05, 4.69) is 80.4 Å². The second-order valence-corrected chi connectivity index (χ2v) is 11.1. The van der Waals surface area contributed by atoms with Crippen molar-refractivity contribution in [1.29, 1.82) is 0 Å². The smallest absolute Gasteiger partial charge is 0.0460 e. The molecule has 2 heteroatoms. The summed E-state index contributed by atoms with van der Waals surface area (Å²) in [5.41, 5.74) is 9.59. The summed E-state index contributed by atoms with van der Waals surface area (Å²) in [6.07, 6.45) is 15.6. The topological polar surface area (TPSA) is 0 Å². The minimum absolute atomic E-state index is 0.0442. The zero-order valence-electron chi connectivity index (χ0n) is 16.7. The SMILES string of the molecule is Brc1ccc2c(c1)C1(C3=C(CCCC3)[C@H]3CCCCC31)c1cc(Br)ccc1C=C2. The van der Waals surface area contributed by atoms with Crippen LogP contribution in [0, 0.1) is 11.8 Å². The Balaban J connectivity index is 1.75. The molecule has 0 aliphatic heterocycles. The predicted octanol–water partition coefficient (Wildman–Crippen LogP) is 8.67. The lowest BCUT2D eigenvalue weighted by molar-refractivity contribution is 0.228. The zero-order chi connectivity index (χ0) is 19.6. The van der Waals surface area contributed by atoms with Gasteiger partial charge in [0.2, 0.25) is 0 Å². The van der Waals surface area contributed by atoms with E-state index in [9.17, 15) is 0 Å². The number of allylic oxidation sites excluding steroid dienone is 2. The van der Waals surface area contributed by atoms with Crippen LogP contribution in [0.15, 0.2) is 56.5 Å². The molecule has 0 nitrogen and oxygen atoms in total. The Kier molecular flexibility index (Phi) is 4.47. The van der Waals surface area contributed by atoms with Crippen molar-refractivity contribution in [2.75, 3.05) is 0 Å². The second-order valence-electron chi connectivity index (χ2n) is 9.31. The molecular formula is C27H26Br2. The second kappa shape index (κ2) is 6.95. The van der Waals surface area contributed by atoms with Gasteiger partial charge in [0.1, 0.15) is 0 Å². The molecule has 29 heavy (non-hydrogen) atoms. The highest BCUT2D eigenvalue weighted by Crippen LogP contribution is 2.65. The average molecular weight is 510 g/mol. The van der Waals surface area contributed by atoms with Gasteiger partial charge in [-0.2, -0.15) is 0 Å². The third kappa shape index (κ3) is 2.61. The molecule has 4 aliphatic rings. The van der Waals surface area contributed by atoms with Crippen LogP contribution in [0.1, 0.15) is 73.6 Å². The van der Waals surface area contributed by atoms with E-state index in [-0.39, 0.29) is 5.41 Å². The fourth-order valence-corrected chi connectivity index (χ4v) is 7.88. The highest BCUT2D eigenvalue weighted by molar-refractivity contribution is 9.10. The fourth-order valence-electron chi connectivity index (χ4n) is 7.16. The molecule has 0 amide bonds. The molecule has 1 spiro atoms. The van der Waals surface area contributed by atoms with E-state index in [0.717, 1.165) is 5.92 Å². The summed E-state index contributed by atoms with van der Waals surface area (Å²) < 4.78 is 2.42. The summed E-state index contributed by atoms with van der Waals surface area (Å²) in [7, 11) is 0. The van der Waals surface area contributed by atoms with E-state index < -0.39 is 0 Å². The fraction of sp³-hybridized carbons (Fsp3) is 0.407. The van der Waals surface area contributed by atoms with Gasteiger partial charge in [-0.05, 0) is 96.9 Å². The van der Waals surface area contributed by atoms with Gasteiger partial charge in [-0.25, -0.2) is 0 Å². The van der Waals surface area contributed by atoms with Gasteiger partial charge < -0.3 is 0 Å². The van der Waals surface area contributed by atoms with Crippen LogP contribution in [-0.4, -0.2) is 0 Å². The van der Waals surface area contributed by atoms with Crippen molar-refractivity contribution in [3.63, 3.8) is 0 Å². The van der Waals surface area contributed by atoms with Crippen molar-refractivity contribution in [3.8, 4) is 0 Å². The maximum atomic E-state index is 3.83. The van der Waals surface area contributed by atoms with Crippen molar-refractivity contribution in [1.82, 2.24) is 0 Å². The molecule has 2 atom stereocenters. The Bertz CT molecular complexity index is 1000. The number of hydrogen-bond donors (Lipinski definition) is 0. The minimum Gasteiger partial charge on any atom is -0.0663 e. The summed E-state index contributed by atoms with van der Waals surface area (Å²) in [6.45, 7) is 0. The van der Waals surface area contributed by atoms with Gasteiger partial charge in [-0.15, -0.1) is 0 Å². The maximum Gasteiger partial charge on any atom is 0.0460 e. The van der Waals surface area contributed by atoms with Gasteiger partial charge in [-0.3, -0.25) is 0 Å². The van der Waals surface area contributed by atoms with Gasteiger partial charge in [0.15, 0.2) is 0 Å². The van der Waals surface area contributed by atoms with Crippen LogP contribution < -0.4 is 0 Å². The van der Waals surface area contributed by atoms with Crippen molar-refractivity contribution in [2.24, 2.45) is 11.8 Å². The zero-order valence-corrected chi connectivity index (χ0v) is 19.9. The van der Waals surface area contributed by atoms with Crippen molar-refractivity contribution >= 4 is 44.0 Å². The lowest BCUT2D eigenvalue weighted by atomic mass is 9.58. The molecule has 2 aromatic carbocycles. The summed E-state index contributed by atoms with van der Waals surface area (Å²) >= 11 is 7.65. The summed E-state index contributed by atoms with van der Waals surface area (Å²) in [6, 6.07) is 14.0. The standard InChI is InChI=1S/C27H26Br2/c28-19-13-11-17-9-10-18-12-14-20(29)16-26(18)27(25(17)15-19)23-7-3-1-5-21(23)22-6-2-4-8-24(22)27/h9-16,21,23H,1-8H2/t21-,23?/m1/s1. The van der Waals surface area contributed by atoms with Gasteiger partial charge in [0.05, 0.1) is 0 Å². The molecule has 0 heterocycles. The van der Waals surface area contributed by atoms with Crippen LogP contribution in [0.5, 0.6) is 0 Å². The monoisotopic (exact) mass is 508 g/mol. The van der Waals surface area contributed by atoms with E-state index in [1.165, 1.54) is 71.4 Å². The minimum atomic E-state index is 0.0442. The number of rotatable bonds is 0. The Morgan fingerprint density at radius 1 is 0.724 bits per heavy atom. The Morgan fingerprint density at radius 3 is 2.03 bits per heavy atom. The molecule has 0 radical (unpaired) electrons. The molecule has 1 saturated carbocycles. The molecule has 1 fully saturated rings. The Hall–Kier alpha value is -1.12. The molecular weight excluding hydrogens is 484 g/mol. The van der Waals surface area contributed by atoms with Gasteiger partial charge >= 0.3 is 0 Å². The van der Waals surface area contributed by atoms with E-state index >= 15 is 0 Å². The van der Waals surface area contributed by atoms with Gasteiger partial charge in [-0.1, -0.05) is 80.1 Å². The van der Waals surface area contributed by atoms with Crippen LogP contribution >= 0.6 is 31.9 Å². The van der Waals surface area contributed by atoms with Crippen LogP contribution in [0.25, 0.3) is 12.2 Å². The lowest BCUT2D eigenvalue weighted by Gasteiger charge is -2.44. The highest BCUT2D eigenvalue weighted by Gasteiger charge is 2.57. The third-order valence-electron chi connectivity index (χ3n) is 8.08. The number of halogens is 2. The van der Waals surface area contributed by atoms with Crippen LogP contribution in [0.2, 0.25) is 0 Å². The first-order chi connectivity index (χ1) is 14.2. The molecule has 1 unspecified atom stereocenters. The van der Waals surface area contributed by atoms with Gasteiger partial charge in [0, 0.05) is 14.4 Å². The maximum absolute atomic E-state index is 3.83. The van der Waals surface area contributed by atoms with E-state index in [1.54, 1.807) is 16.7 Å². The van der Waals surface area contributed by atoms with Crippen molar-refractivity contribution < 1.29 is 0 Å². The number of hydrogen-bond acceptors (Lipinski definition) is 0. The van der Waals surface area contributed by atoms with Crippen molar-refractivity contribution in [2.45, 2.75) is 56.8 Å². The number of fused-ring (bicyclic) bond motifs is 8. The quantitative estimate of drug-likeness (QED) is 0.311. The van der Waals surface area contributed by atoms with Gasteiger partial charge in [0.25, 0.3) is 0 Å². The van der Waals surface area contributed by atoms with Crippen molar-refractivity contribution in [3.05, 3.63) is 78.7 Å². The summed E-state index contributed by atoms with van der Waals surface area (Å²) in [4.78, 5) is 0. The normalized spacial score (nSPS) is 26.6.